The zero-order valence-electron chi connectivity index (χ0n) is 10.1. The molecule has 2 rings (SSSR count). The number of amides is 1. The summed E-state index contributed by atoms with van der Waals surface area (Å²) >= 11 is 1.98. The Balaban J connectivity index is 2.05. The number of halogens is 1. The summed E-state index contributed by atoms with van der Waals surface area (Å²) in [4.78, 5) is 26.8. The lowest BCUT2D eigenvalue weighted by molar-refractivity contribution is -0.114. The first-order chi connectivity index (χ1) is 9.04. The molecular formula is C12H11IN4O2. The number of carbonyl (C=O) groups is 2. The fraction of sp³-hybridized carbons (Fsp3) is 0.167. The molecule has 0 bridgehead atoms. The Hall–Kier alpha value is -1.77. The highest BCUT2D eigenvalue weighted by atomic mass is 127. The molecule has 2 aromatic rings. The summed E-state index contributed by atoms with van der Waals surface area (Å²) in [7, 11) is 0. The zero-order chi connectivity index (χ0) is 13.8. The second kappa shape index (κ2) is 5.91. The Bertz CT molecular complexity index is 606. The maximum Gasteiger partial charge on any atom is 0.221 e. The van der Waals surface area contributed by atoms with Crippen molar-refractivity contribution >= 4 is 40.0 Å². The van der Waals surface area contributed by atoms with E-state index in [2.05, 4.69) is 15.4 Å². The van der Waals surface area contributed by atoms with Gasteiger partial charge in [-0.1, -0.05) is 0 Å². The van der Waals surface area contributed by atoms with Gasteiger partial charge in [0.2, 0.25) is 9.74 Å². The molecule has 0 radical (unpaired) electrons. The summed E-state index contributed by atoms with van der Waals surface area (Å²) in [6.07, 6.45) is 1.52. The van der Waals surface area contributed by atoms with Crippen LogP contribution in [0.3, 0.4) is 0 Å². The van der Waals surface area contributed by atoms with Gasteiger partial charge in [-0.2, -0.15) is 0 Å². The molecule has 0 aliphatic carbocycles. The van der Waals surface area contributed by atoms with Crippen molar-refractivity contribution in [2.75, 3.05) is 5.32 Å². The Labute approximate surface area is 123 Å². The maximum atomic E-state index is 12.0. The Morgan fingerprint density at radius 2 is 2.00 bits per heavy atom. The van der Waals surface area contributed by atoms with Crippen molar-refractivity contribution in [3.8, 4) is 0 Å². The van der Waals surface area contributed by atoms with E-state index in [1.165, 1.54) is 17.9 Å². The minimum absolute atomic E-state index is 0.0596. The molecule has 1 aromatic heterocycles. The van der Waals surface area contributed by atoms with Gasteiger partial charge in [0.15, 0.2) is 5.78 Å². The standard InChI is InChI=1S/C12H11IN4O2/c1-8(18)15-10-4-2-9(3-5-10)11(19)6-17-7-14-12(13)16-17/h2-5,7H,6H2,1H3,(H,15,18). The van der Waals surface area contributed by atoms with Crippen molar-refractivity contribution in [2.45, 2.75) is 13.5 Å². The summed E-state index contributed by atoms with van der Waals surface area (Å²) in [5.41, 5.74) is 1.24. The zero-order valence-corrected chi connectivity index (χ0v) is 12.3. The van der Waals surface area contributed by atoms with Crippen LogP contribution in [0.25, 0.3) is 0 Å². The second-order valence-corrected chi connectivity index (χ2v) is 4.86. The van der Waals surface area contributed by atoms with Crippen LogP contribution in [0.15, 0.2) is 30.6 Å². The van der Waals surface area contributed by atoms with Crippen LogP contribution in [-0.2, 0) is 11.3 Å². The molecule has 0 saturated carbocycles. The number of hydrogen-bond acceptors (Lipinski definition) is 4. The van der Waals surface area contributed by atoms with E-state index in [1.807, 2.05) is 22.6 Å². The largest absolute Gasteiger partial charge is 0.326 e. The molecule has 1 heterocycles. The van der Waals surface area contributed by atoms with E-state index in [-0.39, 0.29) is 18.2 Å². The number of rotatable bonds is 4. The first-order valence-electron chi connectivity index (χ1n) is 5.50. The first kappa shape index (κ1) is 13.7. The monoisotopic (exact) mass is 370 g/mol. The fourth-order valence-electron chi connectivity index (χ4n) is 1.53. The number of ketones is 1. The summed E-state index contributed by atoms with van der Waals surface area (Å²) in [6.45, 7) is 1.58. The highest BCUT2D eigenvalue weighted by Crippen LogP contribution is 2.10. The Kier molecular flexibility index (Phi) is 4.25. The quantitative estimate of drug-likeness (QED) is 0.657. The molecular weight excluding hydrogens is 359 g/mol. The van der Waals surface area contributed by atoms with Gasteiger partial charge in [-0.05, 0) is 24.3 Å². The van der Waals surface area contributed by atoms with Crippen molar-refractivity contribution in [3.63, 3.8) is 0 Å². The number of nitrogens with one attached hydrogen (secondary N) is 1. The topological polar surface area (TPSA) is 76.9 Å². The van der Waals surface area contributed by atoms with Gasteiger partial charge in [0.05, 0.1) is 0 Å². The molecule has 0 saturated heterocycles. The van der Waals surface area contributed by atoms with Crippen LogP contribution in [0.4, 0.5) is 5.69 Å². The SMILES string of the molecule is CC(=O)Nc1ccc(C(=O)Cn2cnc(I)n2)cc1. The minimum Gasteiger partial charge on any atom is -0.326 e. The lowest BCUT2D eigenvalue weighted by atomic mass is 10.1. The first-order valence-corrected chi connectivity index (χ1v) is 6.58. The van der Waals surface area contributed by atoms with Crippen molar-refractivity contribution in [2.24, 2.45) is 0 Å². The third-order valence-corrected chi connectivity index (χ3v) is 2.84. The van der Waals surface area contributed by atoms with Gasteiger partial charge in [0.25, 0.3) is 0 Å². The summed E-state index contributed by atoms with van der Waals surface area (Å²) in [6, 6.07) is 6.74. The molecule has 0 fully saturated rings. The van der Waals surface area contributed by atoms with Crippen LogP contribution in [0.2, 0.25) is 0 Å². The maximum absolute atomic E-state index is 12.0. The van der Waals surface area contributed by atoms with Gasteiger partial charge in [0.1, 0.15) is 12.9 Å². The molecule has 98 valence electrons. The smallest absolute Gasteiger partial charge is 0.221 e. The highest BCUT2D eigenvalue weighted by Gasteiger charge is 2.08. The number of benzene rings is 1. The van der Waals surface area contributed by atoms with Crippen LogP contribution >= 0.6 is 22.6 Å². The number of nitrogens with zero attached hydrogens (tertiary/aromatic N) is 3. The molecule has 0 unspecified atom stereocenters. The Morgan fingerprint density at radius 1 is 1.32 bits per heavy atom. The van der Waals surface area contributed by atoms with Crippen LogP contribution in [0.5, 0.6) is 0 Å². The van der Waals surface area contributed by atoms with Gasteiger partial charge in [-0.3, -0.25) is 9.59 Å². The molecule has 0 spiro atoms. The molecule has 1 aromatic carbocycles. The molecule has 1 N–H and O–H groups in total. The average molecular weight is 370 g/mol. The van der Waals surface area contributed by atoms with Gasteiger partial charge in [-0.15, -0.1) is 5.10 Å². The predicted molar refractivity (Wildman–Crippen MR) is 77.8 cm³/mol. The lowest BCUT2D eigenvalue weighted by Crippen LogP contribution is -2.11. The molecule has 0 atom stereocenters. The third kappa shape index (κ3) is 3.85. The summed E-state index contributed by atoms with van der Waals surface area (Å²) in [5.74, 6) is -0.202. The van der Waals surface area contributed by atoms with Gasteiger partial charge >= 0.3 is 0 Å². The van der Waals surface area contributed by atoms with E-state index in [9.17, 15) is 9.59 Å². The van der Waals surface area contributed by atoms with Gasteiger partial charge in [-0.25, -0.2) is 9.67 Å². The summed E-state index contributed by atoms with van der Waals surface area (Å²) < 4.78 is 2.10. The van der Waals surface area contributed by atoms with Gasteiger partial charge in [0, 0.05) is 40.8 Å². The molecule has 0 aliphatic heterocycles. The Morgan fingerprint density at radius 3 is 2.53 bits per heavy atom. The molecule has 19 heavy (non-hydrogen) atoms. The van der Waals surface area contributed by atoms with Crippen LogP contribution < -0.4 is 5.32 Å². The number of aromatic nitrogens is 3. The summed E-state index contributed by atoms with van der Waals surface area (Å²) in [5, 5.41) is 6.69. The van der Waals surface area contributed by atoms with Crippen molar-refractivity contribution in [3.05, 3.63) is 40.0 Å². The minimum atomic E-state index is -0.142. The van der Waals surface area contributed by atoms with Crippen LogP contribution in [0, 0.1) is 3.83 Å². The predicted octanol–water partition coefficient (Wildman–Crippen LogP) is 1.72. The molecule has 1 amide bonds. The van der Waals surface area contributed by atoms with E-state index in [0.717, 1.165) is 0 Å². The normalized spacial score (nSPS) is 10.2. The van der Waals surface area contributed by atoms with E-state index < -0.39 is 0 Å². The molecule has 0 aliphatic rings. The van der Waals surface area contributed by atoms with E-state index in [4.69, 9.17) is 0 Å². The second-order valence-electron chi connectivity index (χ2n) is 3.89. The number of carbonyl (C=O) groups excluding carboxylic acids is 2. The van der Waals surface area contributed by atoms with Crippen molar-refractivity contribution < 1.29 is 9.59 Å². The number of hydrogen-bond donors (Lipinski definition) is 1. The van der Waals surface area contributed by atoms with E-state index in [0.29, 0.717) is 15.1 Å². The number of anilines is 1. The van der Waals surface area contributed by atoms with Crippen LogP contribution in [-0.4, -0.2) is 26.5 Å². The van der Waals surface area contributed by atoms with E-state index in [1.54, 1.807) is 24.3 Å². The number of Topliss-reactive ketones (excluding diaryl/α,β-unsaturated/α-hetero) is 1. The van der Waals surface area contributed by atoms with Crippen molar-refractivity contribution in [1.29, 1.82) is 0 Å². The van der Waals surface area contributed by atoms with Crippen molar-refractivity contribution in [1.82, 2.24) is 14.8 Å². The van der Waals surface area contributed by atoms with Gasteiger partial charge < -0.3 is 5.32 Å². The molecule has 7 heteroatoms. The fourth-order valence-corrected chi connectivity index (χ4v) is 1.93. The highest BCUT2D eigenvalue weighted by molar-refractivity contribution is 14.1. The molecule has 6 nitrogen and oxygen atoms in total. The average Bonchev–Trinajstić information content (AvgIpc) is 2.75. The van der Waals surface area contributed by atoms with Crippen LogP contribution in [0.1, 0.15) is 17.3 Å². The van der Waals surface area contributed by atoms with E-state index >= 15 is 0 Å². The lowest BCUT2D eigenvalue weighted by Gasteiger charge is -2.04. The third-order valence-electron chi connectivity index (χ3n) is 2.34.